The van der Waals surface area contributed by atoms with Crippen molar-refractivity contribution in [2.45, 2.75) is 0 Å². The molecule has 0 aliphatic heterocycles. The zero-order valence-corrected chi connectivity index (χ0v) is 4.88. The van der Waals surface area contributed by atoms with E-state index in [0.29, 0.717) is 0 Å². The highest BCUT2D eigenvalue weighted by atomic mass is 32.1. The van der Waals surface area contributed by atoms with Gasteiger partial charge in [0.05, 0.1) is 16.4 Å². The van der Waals surface area contributed by atoms with Crippen LogP contribution in [0.15, 0.2) is 12.1 Å². The minimum absolute atomic E-state index is 1.13. The summed E-state index contributed by atoms with van der Waals surface area (Å²) in [6.07, 6.45) is 2.88. The van der Waals surface area contributed by atoms with Crippen molar-refractivity contribution in [3.05, 3.63) is 23.7 Å². The summed E-state index contributed by atoms with van der Waals surface area (Å²) in [7, 11) is 0. The molecule has 0 saturated carbocycles. The summed E-state index contributed by atoms with van der Waals surface area (Å²) in [5.74, 6) is 0. The maximum atomic E-state index is 3.01. The fourth-order valence-corrected chi connectivity index (χ4v) is 1.30. The first-order valence-electron chi connectivity index (χ1n) is 2.31. The molecule has 0 amide bonds. The fraction of sp³-hybridized carbons (Fsp3) is 0. The first-order chi connectivity index (χ1) is 3.97. The van der Waals surface area contributed by atoms with E-state index in [9.17, 15) is 0 Å². The van der Waals surface area contributed by atoms with Gasteiger partial charge in [0.25, 0.3) is 0 Å². The van der Waals surface area contributed by atoms with Crippen LogP contribution in [0.2, 0.25) is 0 Å². The summed E-state index contributed by atoms with van der Waals surface area (Å²) in [4.78, 5) is 2.95. The molecule has 8 heavy (non-hydrogen) atoms. The average Bonchev–Trinajstić information content (AvgIpc) is 2.15. The van der Waals surface area contributed by atoms with Crippen LogP contribution in [0.1, 0.15) is 0 Å². The van der Waals surface area contributed by atoms with Crippen LogP contribution in [-0.4, -0.2) is 4.98 Å². The minimum atomic E-state index is 1.13. The predicted octanol–water partition coefficient (Wildman–Crippen LogP) is 1.83. The Hall–Kier alpha value is -0.760. The van der Waals surface area contributed by atoms with Crippen LogP contribution in [0.5, 0.6) is 0 Å². The standard InChI is InChI=1S/C6H3NS/c1-3-7-5-2-4-8-6(1)5/h1-2,7H. The number of thiophene rings is 1. The second kappa shape index (κ2) is 1.36. The van der Waals surface area contributed by atoms with Crippen molar-refractivity contribution < 1.29 is 0 Å². The Kier molecular flexibility index (Phi) is 0.704. The molecule has 0 atom stereocenters. The van der Waals surface area contributed by atoms with E-state index < -0.39 is 0 Å². The third kappa shape index (κ3) is 0.406. The second-order valence-corrected chi connectivity index (χ2v) is 2.44. The lowest BCUT2D eigenvalue weighted by Gasteiger charge is -1.66. The average molecular weight is 121 g/mol. The number of hydrogen-bond acceptors (Lipinski definition) is 1. The van der Waals surface area contributed by atoms with E-state index in [1.54, 1.807) is 11.3 Å². The molecule has 2 heterocycles. The molecule has 0 spiro atoms. The van der Waals surface area contributed by atoms with Gasteiger partial charge in [-0.15, -0.1) is 11.3 Å². The number of H-pyrrole nitrogens is 1. The summed E-state index contributed by atoms with van der Waals surface area (Å²) in [5.41, 5.74) is 1.13. The molecule has 2 aromatic heterocycles. The molecule has 0 aromatic carbocycles. The third-order valence-electron chi connectivity index (χ3n) is 1.05. The van der Waals surface area contributed by atoms with E-state index in [4.69, 9.17) is 0 Å². The highest BCUT2D eigenvalue weighted by Crippen LogP contribution is 2.16. The molecular weight excluding hydrogens is 118 g/mol. The van der Waals surface area contributed by atoms with Gasteiger partial charge in [0.2, 0.25) is 0 Å². The normalized spacial score (nSPS) is 10.5. The van der Waals surface area contributed by atoms with Gasteiger partial charge in [-0.2, -0.15) is 0 Å². The molecule has 0 fully saturated rings. The molecule has 1 nitrogen and oxygen atoms in total. The number of fused-ring (bicyclic) bond motifs is 1. The van der Waals surface area contributed by atoms with Crippen molar-refractivity contribution in [2.24, 2.45) is 0 Å². The van der Waals surface area contributed by atoms with E-state index >= 15 is 0 Å². The van der Waals surface area contributed by atoms with Crippen molar-refractivity contribution in [1.29, 1.82) is 0 Å². The molecule has 0 bridgehead atoms. The van der Waals surface area contributed by atoms with Crippen molar-refractivity contribution >= 4 is 21.6 Å². The fourth-order valence-electron chi connectivity index (χ4n) is 0.662. The zero-order valence-electron chi connectivity index (χ0n) is 4.06. The summed E-state index contributed by atoms with van der Waals surface area (Å²) < 4.78 is 1.23. The lowest BCUT2D eigenvalue weighted by atomic mass is 10.5. The molecule has 2 radical (unpaired) electrons. The minimum Gasteiger partial charge on any atom is -0.353 e. The summed E-state index contributed by atoms with van der Waals surface area (Å²) >= 11 is 1.61. The quantitative estimate of drug-likeness (QED) is 0.547. The van der Waals surface area contributed by atoms with Crippen LogP contribution in [-0.2, 0) is 0 Å². The van der Waals surface area contributed by atoms with Gasteiger partial charge in [0.1, 0.15) is 0 Å². The Morgan fingerprint density at radius 2 is 2.50 bits per heavy atom. The SMILES string of the molecule is [c]1cc2s[c]cc2[nH]1. The number of hydrogen-bond donors (Lipinski definition) is 1. The van der Waals surface area contributed by atoms with E-state index in [1.807, 2.05) is 12.1 Å². The van der Waals surface area contributed by atoms with Gasteiger partial charge in [0.15, 0.2) is 0 Å². The lowest BCUT2D eigenvalue weighted by molar-refractivity contribution is 1.46. The molecule has 0 aliphatic rings. The third-order valence-corrected chi connectivity index (χ3v) is 1.84. The van der Waals surface area contributed by atoms with E-state index in [2.05, 4.69) is 16.6 Å². The molecule has 0 aliphatic carbocycles. The van der Waals surface area contributed by atoms with Crippen molar-refractivity contribution in [3.63, 3.8) is 0 Å². The van der Waals surface area contributed by atoms with Crippen molar-refractivity contribution in [3.8, 4) is 0 Å². The van der Waals surface area contributed by atoms with E-state index in [-0.39, 0.29) is 0 Å². The van der Waals surface area contributed by atoms with Crippen LogP contribution in [0.3, 0.4) is 0 Å². The van der Waals surface area contributed by atoms with Crippen LogP contribution in [0, 0.1) is 11.6 Å². The number of rotatable bonds is 0. The molecule has 2 aromatic rings. The zero-order chi connectivity index (χ0) is 5.40. The smallest absolute Gasteiger partial charge is 0.0639 e. The molecule has 0 saturated heterocycles. The van der Waals surface area contributed by atoms with Crippen LogP contribution in [0.4, 0.5) is 0 Å². The molecule has 2 rings (SSSR count). The largest absolute Gasteiger partial charge is 0.353 e. The molecule has 0 unspecified atom stereocenters. The van der Waals surface area contributed by atoms with Gasteiger partial charge in [0, 0.05) is 5.38 Å². The van der Waals surface area contributed by atoms with Crippen LogP contribution in [0.25, 0.3) is 10.2 Å². The Labute approximate surface area is 51.0 Å². The second-order valence-electron chi connectivity index (χ2n) is 1.56. The Bertz CT molecular complexity index is 230. The van der Waals surface area contributed by atoms with Gasteiger partial charge in [-0.1, -0.05) is 0 Å². The first-order valence-corrected chi connectivity index (χ1v) is 3.13. The molecule has 1 N–H and O–H groups in total. The molecular formula is C6H3NS. The monoisotopic (exact) mass is 121 g/mol. The number of aromatic nitrogens is 1. The van der Waals surface area contributed by atoms with Crippen LogP contribution < -0.4 is 0 Å². The Morgan fingerprint density at radius 1 is 1.50 bits per heavy atom. The van der Waals surface area contributed by atoms with E-state index in [1.165, 1.54) is 4.70 Å². The molecule has 38 valence electrons. The summed E-state index contributed by atoms with van der Waals surface area (Å²) in [5, 5.41) is 3.01. The summed E-state index contributed by atoms with van der Waals surface area (Å²) in [6.45, 7) is 0. The number of aromatic amines is 1. The van der Waals surface area contributed by atoms with Gasteiger partial charge >= 0.3 is 0 Å². The van der Waals surface area contributed by atoms with Gasteiger partial charge in [-0.25, -0.2) is 0 Å². The van der Waals surface area contributed by atoms with Gasteiger partial charge < -0.3 is 4.98 Å². The van der Waals surface area contributed by atoms with Crippen molar-refractivity contribution in [2.75, 3.05) is 0 Å². The lowest BCUT2D eigenvalue weighted by Crippen LogP contribution is -1.50. The maximum Gasteiger partial charge on any atom is 0.0639 e. The Balaban J connectivity index is 3.06. The Morgan fingerprint density at radius 3 is 3.38 bits per heavy atom. The highest BCUT2D eigenvalue weighted by molar-refractivity contribution is 7.16. The van der Waals surface area contributed by atoms with Crippen molar-refractivity contribution in [1.82, 2.24) is 4.98 Å². The predicted molar refractivity (Wildman–Crippen MR) is 33.8 cm³/mol. The first kappa shape index (κ1) is 4.15. The van der Waals surface area contributed by atoms with E-state index in [0.717, 1.165) is 5.52 Å². The van der Waals surface area contributed by atoms with Crippen LogP contribution >= 0.6 is 11.3 Å². The topological polar surface area (TPSA) is 15.8 Å². The van der Waals surface area contributed by atoms with Gasteiger partial charge in [-0.3, -0.25) is 0 Å². The maximum absolute atomic E-state index is 3.01. The summed E-state index contributed by atoms with van der Waals surface area (Å²) in [6, 6.07) is 3.85. The highest BCUT2D eigenvalue weighted by Gasteiger charge is 1.90. The van der Waals surface area contributed by atoms with Gasteiger partial charge in [-0.05, 0) is 12.1 Å². The number of nitrogens with one attached hydrogen (secondary N) is 1. The molecule has 2 heteroatoms.